The SMILES string of the molecule is CC(Cc1cccs1)NC(=O)Cc1ccccc1N. The van der Waals surface area contributed by atoms with Gasteiger partial charge in [-0.25, -0.2) is 0 Å². The summed E-state index contributed by atoms with van der Waals surface area (Å²) < 4.78 is 0. The highest BCUT2D eigenvalue weighted by Crippen LogP contribution is 2.13. The van der Waals surface area contributed by atoms with Gasteiger partial charge in [0.2, 0.25) is 5.91 Å². The average Bonchev–Trinajstić information content (AvgIpc) is 2.84. The molecule has 0 aliphatic heterocycles. The summed E-state index contributed by atoms with van der Waals surface area (Å²) >= 11 is 1.71. The first-order valence-corrected chi connectivity index (χ1v) is 7.18. The number of benzene rings is 1. The number of amides is 1. The zero-order chi connectivity index (χ0) is 13.7. The molecule has 3 nitrogen and oxygen atoms in total. The highest BCUT2D eigenvalue weighted by molar-refractivity contribution is 7.09. The van der Waals surface area contributed by atoms with E-state index in [1.165, 1.54) is 4.88 Å². The Morgan fingerprint density at radius 1 is 1.32 bits per heavy atom. The summed E-state index contributed by atoms with van der Waals surface area (Å²) in [5.41, 5.74) is 7.38. The standard InChI is InChI=1S/C15H18N2OS/c1-11(9-13-6-4-8-19-13)17-15(18)10-12-5-2-3-7-14(12)16/h2-8,11H,9-10,16H2,1H3,(H,17,18). The van der Waals surface area contributed by atoms with E-state index in [-0.39, 0.29) is 11.9 Å². The normalized spacial score (nSPS) is 12.1. The first-order valence-electron chi connectivity index (χ1n) is 6.30. The summed E-state index contributed by atoms with van der Waals surface area (Å²) in [7, 11) is 0. The number of nitrogen functional groups attached to an aromatic ring is 1. The largest absolute Gasteiger partial charge is 0.398 e. The Labute approximate surface area is 117 Å². The number of nitrogens with one attached hydrogen (secondary N) is 1. The van der Waals surface area contributed by atoms with E-state index >= 15 is 0 Å². The van der Waals surface area contributed by atoms with Crippen LogP contribution < -0.4 is 11.1 Å². The number of para-hydroxylation sites is 1. The van der Waals surface area contributed by atoms with Gasteiger partial charge in [-0.15, -0.1) is 11.3 Å². The second-order valence-electron chi connectivity index (χ2n) is 4.63. The minimum absolute atomic E-state index is 0.0157. The molecule has 0 aliphatic carbocycles. The van der Waals surface area contributed by atoms with Crippen LogP contribution in [0.1, 0.15) is 17.4 Å². The minimum Gasteiger partial charge on any atom is -0.398 e. The molecule has 0 aliphatic rings. The van der Waals surface area contributed by atoms with Crippen molar-refractivity contribution >= 4 is 22.9 Å². The Hall–Kier alpha value is -1.81. The van der Waals surface area contributed by atoms with E-state index in [2.05, 4.69) is 16.8 Å². The fraction of sp³-hybridized carbons (Fsp3) is 0.267. The van der Waals surface area contributed by atoms with Gasteiger partial charge in [0, 0.05) is 23.0 Å². The van der Waals surface area contributed by atoms with E-state index in [0.29, 0.717) is 12.1 Å². The molecule has 0 saturated heterocycles. The van der Waals surface area contributed by atoms with Crippen molar-refractivity contribution < 1.29 is 4.79 Å². The Balaban J connectivity index is 1.86. The highest BCUT2D eigenvalue weighted by atomic mass is 32.1. The second kappa shape index (κ2) is 6.38. The molecule has 100 valence electrons. The van der Waals surface area contributed by atoms with Gasteiger partial charge >= 0.3 is 0 Å². The van der Waals surface area contributed by atoms with E-state index < -0.39 is 0 Å². The zero-order valence-electron chi connectivity index (χ0n) is 10.9. The third-order valence-corrected chi connectivity index (χ3v) is 3.80. The number of anilines is 1. The van der Waals surface area contributed by atoms with E-state index in [1.54, 1.807) is 11.3 Å². The molecule has 0 spiro atoms. The summed E-state index contributed by atoms with van der Waals surface area (Å²) in [5.74, 6) is 0.0157. The first-order chi connectivity index (χ1) is 9.15. The fourth-order valence-electron chi connectivity index (χ4n) is 1.98. The Morgan fingerprint density at radius 2 is 2.11 bits per heavy atom. The molecule has 1 aromatic carbocycles. The lowest BCUT2D eigenvalue weighted by Gasteiger charge is -2.13. The number of hydrogen-bond donors (Lipinski definition) is 2. The van der Waals surface area contributed by atoms with Crippen LogP contribution in [0.25, 0.3) is 0 Å². The van der Waals surface area contributed by atoms with Crippen LogP contribution in [-0.2, 0) is 17.6 Å². The molecular weight excluding hydrogens is 256 g/mol. The molecular formula is C15H18N2OS. The summed E-state index contributed by atoms with van der Waals surface area (Å²) in [6.07, 6.45) is 1.20. The number of rotatable bonds is 5. The number of hydrogen-bond acceptors (Lipinski definition) is 3. The molecule has 1 atom stereocenters. The molecule has 0 fully saturated rings. The Morgan fingerprint density at radius 3 is 2.79 bits per heavy atom. The molecule has 2 rings (SSSR count). The number of carbonyl (C=O) groups is 1. The smallest absolute Gasteiger partial charge is 0.224 e. The summed E-state index contributed by atoms with van der Waals surface area (Å²) in [6, 6.07) is 11.7. The van der Waals surface area contributed by atoms with Gasteiger partial charge in [-0.05, 0) is 30.0 Å². The van der Waals surface area contributed by atoms with Gasteiger partial charge in [0.25, 0.3) is 0 Å². The van der Waals surface area contributed by atoms with Crippen LogP contribution in [0.3, 0.4) is 0 Å². The number of thiophene rings is 1. The molecule has 1 amide bonds. The molecule has 1 heterocycles. The van der Waals surface area contributed by atoms with Crippen LogP contribution in [0.15, 0.2) is 41.8 Å². The lowest BCUT2D eigenvalue weighted by Crippen LogP contribution is -2.35. The van der Waals surface area contributed by atoms with E-state index in [9.17, 15) is 4.79 Å². The average molecular weight is 274 g/mol. The van der Waals surface area contributed by atoms with Crippen molar-refractivity contribution in [3.05, 3.63) is 52.2 Å². The van der Waals surface area contributed by atoms with Gasteiger partial charge in [-0.3, -0.25) is 4.79 Å². The van der Waals surface area contributed by atoms with Crippen molar-refractivity contribution in [2.75, 3.05) is 5.73 Å². The Bertz CT molecular complexity index is 537. The van der Waals surface area contributed by atoms with Crippen molar-refractivity contribution in [1.82, 2.24) is 5.32 Å². The Kier molecular flexibility index (Phi) is 4.58. The maximum atomic E-state index is 11.9. The van der Waals surface area contributed by atoms with Crippen LogP contribution in [0.4, 0.5) is 5.69 Å². The van der Waals surface area contributed by atoms with Gasteiger partial charge in [-0.1, -0.05) is 24.3 Å². The maximum Gasteiger partial charge on any atom is 0.224 e. The van der Waals surface area contributed by atoms with E-state index in [4.69, 9.17) is 5.73 Å². The highest BCUT2D eigenvalue weighted by Gasteiger charge is 2.10. The van der Waals surface area contributed by atoms with Crippen LogP contribution in [-0.4, -0.2) is 11.9 Å². The maximum absolute atomic E-state index is 11.9. The van der Waals surface area contributed by atoms with E-state index in [0.717, 1.165) is 12.0 Å². The topological polar surface area (TPSA) is 55.1 Å². The van der Waals surface area contributed by atoms with Gasteiger partial charge in [-0.2, -0.15) is 0 Å². The molecule has 0 radical (unpaired) electrons. The molecule has 3 N–H and O–H groups in total. The van der Waals surface area contributed by atoms with Crippen LogP contribution in [0, 0.1) is 0 Å². The van der Waals surface area contributed by atoms with Crippen molar-refractivity contribution in [3.63, 3.8) is 0 Å². The van der Waals surface area contributed by atoms with Crippen molar-refractivity contribution in [1.29, 1.82) is 0 Å². The molecule has 1 aromatic heterocycles. The van der Waals surface area contributed by atoms with Crippen LogP contribution >= 0.6 is 11.3 Å². The summed E-state index contributed by atoms with van der Waals surface area (Å²) in [5, 5.41) is 5.06. The lowest BCUT2D eigenvalue weighted by atomic mass is 10.1. The summed E-state index contributed by atoms with van der Waals surface area (Å²) in [4.78, 5) is 13.2. The lowest BCUT2D eigenvalue weighted by molar-refractivity contribution is -0.121. The van der Waals surface area contributed by atoms with E-state index in [1.807, 2.05) is 37.3 Å². The number of carbonyl (C=O) groups excluding carboxylic acids is 1. The zero-order valence-corrected chi connectivity index (χ0v) is 11.7. The van der Waals surface area contributed by atoms with Gasteiger partial charge in [0.15, 0.2) is 0 Å². The van der Waals surface area contributed by atoms with Gasteiger partial charge < -0.3 is 11.1 Å². The third kappa shape index (κ3) is 4.10. The van der Waals surface area contributed by atoms with Crippen molar-refractivity contribution in [2.24, 2.45) is 0 Å². The molecule has 1 unspecified atom stereocenters. The minimum atomic E-state index is 0.0157. The predicted octanol–water partition coefficient (Wildman–Crippen LogP) is 2.62. The monoisotopic (exact) mass is 274 g/mol. The van der Waals surface area contributed by atoms with Crippen molar-refractivity contribution in [3.8, 4) is 0 Å². The number of nitrogens with two attached hydrogens (primary N) is 1. The molecule has 0 bridgehead atoms. The fourth-order valence-corrected chi connectivity index (χ4v) is 2.81. The predicted molar refractivity (Wildman–Crippen MR) is 80.2 cm³/mol. The van der Waals surface area contributed by atoms with Crippen LogP contribution in [0.5, 0.6) is 0 Å². The van der Waals surface area contributed by atoms with Gasteiger partial charge in [0.1, 0.15) is 0 Å². The molecule has 19 heavy (non-hydrogen) atoms. The molecule has 4 heteroatoms. The second-order valence-corrected chi connectivity index (χ2v) is 5.66. The van der Waals surface area contributed by atoms with Crippen molar-refractivity contribution in [2.45, 2.75) is 25.8 Å². The third-order valence-electron chi connectivity index (χ3n) is 2.90. The summed E-state index contributed by atoms with van der Waals surface area (Å²) in [6.45, 7) is 2.02. The molecule has 0 saturated carbocycles. The molecule has 2 aromatic rings. The quantitative estimate of drug-likeness (QED) is 0.823. The van der Waals surface area contributed by atoms with Crippen LogP contribution in [0.2, 0.25) is 0 Å². The first kappa shape index (κ1) is 13.6. The van der Waals surface area contributed by atoms with Gasteiger partial charge in [0.05, 0.1) is 6.42 Å².